The predicted molar refractivity (Wildman–Crippen MR) is 129 cm³/mol. The van der Waals surface area contributed by atoms with Crippen molar-refractivity contribution in [1.82, 2.24) is 29.8 Å². The molecule has 0 radical (unpaired) electrons. The Hall–Kier alpha value is -3.89. The Balaban J connectivity index is 1.17. The monoisotopic (exact) mass is 476 g/mol. The number of aromatic nitrogens is 4. The van der Waals surface area contributed by atoms with Crippen LogP contribution in [0.2, 0.25) is 0 Å². The predicted octanol–water partition coefficient (Wildman–Crippen LogP) is 1.90. The standard InChI is InChI=1S/C24H28N8O3/c33-21-13-17(14-26-21)35-24(34)31-11-9-30(10-12-31)20-6-8-32-23(29-20)19(15-27-32)18-5-2-7-25-22(18)28-16-3-1-4-16/h2,5-8,15-17H,1,3-4,9-14H2,(H,25,28)(H,26,33)/t17-/m0/s1. The van der Waals surface area contributed by atoms with Crippen molar-refractivity contribution in [2.24, 2.45) is 0 Å². The molecule has 2 aliphatic heterocycles. The number of amides is 2. The number of hydrogen-bond donors (Lipinski definition) is 2. The van der Waals surface area contributed by atoms with Gasteiger partial charge in [0.2, 0.25) is 5.91 Å². The highest BCUT2D eigenvalue weighted by Crippen LogP contribution is 2.32. The summed E-state index contributed by atoms with van der Waals surface area (Å²) in [6, 6.07) is 6.41. The lowest BCUT2D eigenvalue weighted by atomic mass is 9.93. The van der Waals surface area contributed by atoms with E-state index in [1.54, 1.807) is 15.6 Å². The molecule has 2 saturated heterocycles. The van der Waals surface area contributed by atoms with Crippen molar-refractivity contribution in [2.75, 3.05) is 42.9 Å². The normalized spacial score (nSPS) is 20.6. The van der Waals surface area contributed by atoms with Crippen LogP contribution in [0.15, 0.2) is 36.8 Å². The molecule has 35 heavy (non-hydrogen) atoms. The van der Waals surface area contributed by atoms with E-state index in [-0.39, 0.29) is 24.5 Å². The molecular formula is C24H28N8O3. The van der Waals surface area contributed by atoms with Crippen LogP contribution in [0.5, 0.6) is 0 Å². The van der Waals surface area contributed by atoms with E-state index in [0.717, 1.165) is 28.4 Å². The first-order chi connectivity index (χ1) is 17.1. The molecule has 1 atom stereocenters. The number of pyridine rings is 1. The van der Waals surface area contributed by atoms with E-state index in [1.807, 2.05) is 24.5 Å². The fourth-order valence-electron chi connectivity index (χ4n) is 4.71. The van der Waals surface area contributed by atoms with Crippen molar-refractivity contribution < 1.29 is 14.3 Å². The minimum absolute atomic E-state index is 0.0782. The van der Waals surface area contributed by atoms with Gasteiger partial charge in [-0.3, -0.25) is 4.79 Å². The molecule has 3 fully saturated rings. The lowest BCUT2D eigenvalue weighted by molar-refractivity contribution is -0.119. The minimum atomic E-state index is -0.381. The third-order valence-corrected chi connectivity index (χ3v) is 6.97. The van der Waals surface area contributed by atoms with Crippen molar-refractivity contribution in [1.29, 1.82) is 0 Å². The number of hydrogen-bond acceptors (Lipinski definition) is 8. The molecule has 11 nitrogen and oxygen atoms in total. The second-order valence-corrected chi connectivity index (χ2v) is 9.27. The summed E-state index contributed by atoms with van der Waals surface area (Å²) < 4.78 is 7.25. The molecule has 2 amide bonds. The third-order valence-electron chi connectivity index (χ3n) is 6.97. The Morgan fingerprint density at radius 3 is 2.74 bits per heavy atom. The van der Waals surface area contributed by atoms with Gasteiger partial charge in [-0.15, -0.1) is 0 Å². The van der Waals surface area contributed by atoms with Crippen LogP contribution in [0.3, 0.4) is 0 Å². The molecule has 6 rings (SSSR count). The highest BCUT2D eigenvalue weighted by Gasteiger charge is 2.29. The van der Waals surface area contributed by atoms with Gasteiger partial charge >= 0.3 is 6.09 Å². The number of nitrogens with zero attached hydrogens (tertiary/aromatic N) is 6. The number of ether oxygens (including phenoxy) is 1. The second kappa shape index (κ2) is 9.05. The van der Waals surface area contributed by atoms with Crippen LogP contribution in [0, 0.1) is 0 Å². The molecule has 11 heteroatoms. The van der Waals surface area contributed by atoms with Crippen LogP contribution >= 0.6 is 0 Å². The largest absolute Gasteiger partial charge is 0.444 e. The number of nitrogens with one attached hydrogen (secondary N) is 2. The summed E-state index contributed by atoms with van der Waals surface area (Å²) in [5, 5.41) is 10.8. The quantitative estimate of drug-likeness (QED) is 0.574. The van der Waals surface area contributed by atoms with E-state index in [0.29, 0.717) is 38.8 Å². The zero-order valence-electron chi connectivity index (χ0n) is 19.4. The zero-order chi connectivity index (χ0) is 23.8. The van der Waals surface area contributed by atoms with Crippen LogP contribution in [-0.2, 0) is 9.53 Å². The summed E-state index contributed by atoms with van der Waals surface area (Å²) in [5.74, 6) is 1.63. The van der Waals surface area contributed by atoms with E-state index >= 15 is 0 Å². The molecule has 5 heterocycles. The van der Waals surface area contributed by atoms with Gasteiger partial charge in [-0.05, 0) is 37.5 Å². The first-order valence-corrected chi connectivity index (χ1v) is 12.2. The van der Waals surface area contributed by atoms with Gasteiger partial charge in [0.15, 0.2) is 5.65 Å². The van der Waals surface area contributed by atoms with Gasteiger partial charge in [0, 0.05) is 50.2 Å². The molecule has 1 saturated carbocycles. The molecule has 0 unspecified atom stereocenters. The molecule has 3 aromatic rings. The molecule has 0 spiro atoms. The molecule has 0 bridgehead atoms. The maximum absolute atomic E-state index is 12.5. The third kappa shape index (κ3) is 4.33. The average molecular weight is 477 g/mol. The number of piperazine rings is 1. The molecule has 182 valence electrons. The summed E-state index contributed by atoms with van der Waals surface area (Å²) in [7, 11) is 0. The van der Waals surface area contributed by atoms with Gasteiger partial charge in [0.05, 0.1) is 24.7 Å². The molecule has 3 aliphatic rings. The Morgan fingerprint density at radius 1 is 1.14 bits per heavy atom. The smallest absolute Gasteiger partial charge is 0.410 e. The molecule has 1 aliphatic carbocycles. The van der Waals surface area contributed by atoms with Crippen LogP contribution in [0.1, 0.15) is 25.7 Å². The molecule has 2 N–H and O–H groups in total. The van der Waals surface area contributed by atoms with Crippen LogP contribution in [0.25, 0.3) is 16.8 Å². The topological polar surface area (TPSA) is 117 Å². The van der Waals surface area contributed by atoms with Crippen molar-refractivity contribution in [2.45, 2.75) is 37.8 Å². The lowest BCUT2D eigenvalue weighted by Gasteiger charge is -2.35. The van der Waals surface area contributed by atoms with Crippen LogP contribution in [-0.4, -0.2) is 81.4 Å². The number of carbonyl (C=O) groups is 2. The van der Waals surface area contributed by atoms with Gasteiger partial charge in [0.25, 0.3) is 0 Å². The molecule has 3 aromatic heterocycles. The fraction of sp³-hybridized carbons (Fsp3) is 0.458. The van der Waals surface area contributed by atoms with E-state index in [2.05, 4.69) is 31.7 Å². The summed E-state index contributed by atoms with van der Waals surface area (Å²) >= 11 is 0. The van der Waals surface area contributed by atoms with E-state index in [1.165, 1.54) is 19.3 Å². The van der Waals surface area contributed by atoms with Crippen LogP contribution in [0.4, 0.5) is 16.4 Å². The van der Waals surface area contributed by atoms with E-state index in [9.17, 15) is 9.59 Å². The Bertz CT molecular complexity index is 1250. The van der Waals surface area contributed by atoms with Gasteiger partial charge in [-0.1, -0.05) is 0 Å². The van der Waals surface area contributed by atoms with Crippen molar-refractivity contribution >= 4 is 29.3 Å². The first-order valence-electron chi connectivity index (χ1n) is 12.2. The second-order valence-electron chi connectivity index (χ2n) is 9.27. The first kappa shape index (κ1) is 21.6. The highest BCUT2D eigenvalue weighted by atomic mass is 16.6. The highest BCUT2D eigenvalue weighted by molar-refractivity contribution is 5.84. The fourth-order valence-corrected chi connectivity index (χ4v) is 4.71. The average Bonchev–Trinajstić information content (AvgIpc) is 3.47. The van der Waals surface area contributed by atoms with Gasteiger partial charge < -0.3 is 25.2 Å². The Morgan fingerprint density at radius 2 is 2.00 bits per heavy atom. The maximum Gasteiger partial charge on any atom is 0.410 e. The summed E-state index contributed by atoms with van der Waals surface area (Å²) in [4.78, 5) is 37.2. The van der Waals surface area contributed by atoms with Gasteiger partial charge in [-0.25, -0.2) is 19.3 Å². The Kier molecular flexibility index (Phi) is 5.59. The Labute approximate surface area is 202 Å². The summed E-state index contributed by atoms with van der Waals surface area (Å²) in [6.07, 6.45) is 8.64. The lowest BCUT2D eigenvalue weighted by Crippen LogP contribution is -2.49. The van der Waals surface area contributed by atoms with Crippen molar-refractivity contribution in [3.63, 3.8) is 0 Å². The molecular weight excluding hydrogens is 448 g/mol. The summed E-state index contributed by atoms with van der Waals surface area (Å²) in [6.45, 7) is 2.74. The number of carbonyl (C=O) groups excluding carboxylic acids is 2. The zero-order valence-corrected chi connectivity index (χ0v) is 19.4. The maximum atomic E-state index is 12.5. The van der Waals surface area contributed by atoms with Gasteiger partial charge in [-0.2, -0.15) is 5.10 Å². The number of fused-ring (bicyclic) bond motifs is 1. The summed E-state index contributed by atoms with van der Waals surface area (Å²) in [5.41, 5.74) is 2.70. The van der Waals surface area contributed by atoms with E-state index in [4.69, 9.17) is 9.72 Å². The number of anilines is 2. The SMILES string of the molecule is O=C1C[C@H](OC(=O)N2CCN(c3ccn4ncc(-c5cccnc5NC5CCC5)c4n3)CC2)CN1. The molecule has 0 aromatic carbocycles. The minimum Gasteiger partial charge on any atom is -0.444 e. The van der Waals surface area contributed by atoms with Crippen molar-refractivity contribution in [3.05, 3.63) is 36.8 Å². The van der Waals surface area contributed by atoms with Gasteiger partial charge in [0.1, 0.15) is 17.7 Å². The van der Waals surface area contributed by atoms with E-state index < -0.39 is 0 Å². The van der Waals surface area contributed by atoms with Crippen molar-refractivity contribution in [3.8, 4) is 11.1 Å². The van der Waals surface area contributed by atoms with Crippen LogP contribution < -0.4 is 15.5 Å². The number of rotatable bonds is 5.